The summed E-state index contributed by atoms with van der Waals surface area (Å²) in [5, 5.41) is 12.3. The third-order valence-electron chi connectivity index (χ3n) is 7.11. The first-order chi connectivity index (χ1) is 17.3. The van der Waals surface area contributed by atoms with Crippen molar-refractivity contribution in [3.63, 3.8) is 0 Å². The minimum atomic E-state index is -0.0435. The van der Waals surface area contributed by atoms with Crippen molar-refractivity contribution in [2.24, 2.45) is 0 Å². The Morgan fingerprint density at radius 2 is 1.37 bits per heavy atom. The number of nitrogens with one attached hydrogen (secondary N) is 2. The molecule has 6 aromatic rings. The Morgan fingerprint density at radius 3 is 2.17 bits per heavy atom. The molecule has 7 rings (SSSR count). The van der Waals surface area contributed by atoms with Gasteiger partial charge in [0.2, 0.25) is 0 Å². The molecule has 0 amide bonds. The quantitative estimate of drug-likeness (QED) is 0.282. The standard InChI is InChI=1S/C32H21N3/c33-19-22-14-9-17-26-28(22)31-29(21-12-5-2-6-13-21)30-23-15-7-8-16-25(23)34-27(30)18-24(32(31)35-26)20-10-3-1-4-11-20/h1-18,29,34-35H. The maximum Gasteiger partial charge on any atom is 0.0998 e. The number of para-hydroxylation sites is 1. The van der Waals surface area contributed by atoms with Gasteiger partial charge in [-0.05, 0) is 46.5 Å². The van der Waals surface area contributed by atoms with Crippen molar-refractivity contribution in [3.8, 4) is 6.07 Å². The van der Waals surface area contributed by atoms with Crippen LogP contribution in [0.25, 0.3) is 33.5 Å². The SMILES string of the molecule is N#Cc1cccc2[nH]c3c(c12)C(c1ccccc1)c1c([nH]c2ccccc12)C=C3c1ccccc1. The van der Waals surface area contributed by atoms with E-state index in [1.165, 1.54) is 16.5 Å². The van der Waals surface area contributed by atoms with Crippen LogP contribution >= 0.6 is 0 Å². The van der Waals surface area contributed by atoms with E-state index in [-0.39, 0.29) is 5.92 Å². The Bertz CT molecular complexity index is 1790. The van der Waals surface area contributed by atoms with Crippen LogP contribution in [0, 0.1) is 11.3 Å². The van der Waals surface area contributed by atoms with Gasteiger partial charge in [0, 0.05) is 39.0 Å². The van der Waals surface area contributed by atoms with E-state index in [0.29, 0.717) is 5.56 Å². The Labute approximate surface area is 203 Å². The number of aromatic nitrogens is 2. The second-order valence-electron chi connectivity index (χ2n) is 9.02. The molecule has 2 heterocycles. The van der Waals surface area contributed by atoms with Crippen molar-refractivity contribution in [3.05, 3.63) is 142 Å². The van der Waals surface area contributed by atoms with E-state index in [2.05, 4.69) is 107 Å². The summed E-state index contributed by atoms with van der Waals surface area (Å²) in [7, 11) is 0. The Hall–Kier alpha value is -4.81. The van der Waals surface area contributed by atoms with E-state index in [1.807, 2.05) is 18.2 Å². The summed E-state index contributed by atoms with van der Waals surface area (Å²) >= 11 is 0. The van der Waals surface area contributed by atoms with Crippen molar-refractivity contribution < 1.29 is 0 Å². The Balaban J connectivity index is 1.70. The lowest BCUT2D eigenvalue weighted by Crippen LogP contribution is -2.05. The minimum Gasteiger partial charge on any atom is -0.355 e. The zero-order valence-electron chi connectivity index (χ0n) is 18.9. The van der Waals surface area contributed by atoms with E-state index >= 15 is 0 Å². The predicted octanol–water partition coefficient (Wildman–Crippen LogP) is 7.60. The lowest BCUT2D eigenvalue weighted by atomic mass is 9.82. The van der Waals surface area contributed by atoms with Gasteiger partial charge in [0.05, 0.1) is 17.3 Å². The molecule has 0 fully saturated rings. The van der Waals surface area contributed by atoms with Gasteiger partial charge in [0.15, 0.2) is 0 Å². The second kappa shape index (κ2) is 7.62. The van der Waals surface area contributed by atoms with Crippen LogP contribution in [0.2, 0.25) is 0 Å². The van der Waals surface area contributed by atoms with E-state index in [9.17, 15) is 5.26 Å². The highest BCUT2D eigenvalue weighted by Crippen LogP contribution is 2.49. The van der Waals surface area contributed by atoms with Gasteiger partial charge in [0.1, 0.15) is 0 Å². The molecule has 164 valence electrons. The van der Waals surface area contributed by atoms with Gasteiger partial charge >= 0.3 is 0 Å². The summed E-state index contributed by atoms with van der Waals surface area (Å²) in [6, 6.07) is 38.1. The highest BCUT2D eigenvalue weighted by Gasteiger charge is 2.33. The zero-order valence-corrected chi connectivity index (χ0v) is 18.9. The molecule has 0 spiro atoms. The predicted molar refractivity (Wildman–Crippen MR) is 142 cm³/mol. The van der Waals surface area contributed by atoms with Crippen molar-refractivity contribution in [1.29, 1.82) is 5.26 Å². The second-order valence-corrected chi connectivity index (χ2v) is 9.02. The number of hydrogen-bond acceptors (Lipinski definition) is 1. The van der Waals surface area contributed by atoms with Crippen LogP contribution in [0.15, 0.2) is 103 Å². The van der Waals surface area contributed by atoms with Crippen LogP contribution in [-0.4, -0.2) is 9.97 Å². The number of rotatable bonds is 2. The number of aromatic amines is 2. The molecule has 1 atom stereocenters. The lowest BCUT2D eigenvalue weighted by molar-refractivity contribution is 0.992. The molecule has 1 aliphatic rings. The molecule has 0 aliphatic heterocycles. The molecule has 4 aromatic carbocycles. The molecule has 3 heteroatoms. The van der Waals surface area contributed by atoms with Crippen LogP contribution in [0.5, 0.6) is 0 Å². The molecule has 3 nitrogen and oxygen atoms in total. The minimum absolute atomic E-state index is 0.0435. The normalized spacial score (nSPS) is 14.7. The largest absolute Gasteiger partial charge is 0.355 e. The number of fused-ring (bicyclic) bond motifs is 6. The summed E-state index contributed by atoms with van der Waals surface area (Å²) in [4.78, 5) is 7.42. The summed E-state index contributed by atoms with van der Waals surface area (Å²) in [6.07, 6.45) is 2.27. The van der Waals surface area contributed by atoms with Gasteiger partial charge in [-0.25, -0.2) is 0 Å². The third-order valence-corrected chi connectivity index (χ3v) is 7.11. The molecule has 35 heavy (non-hydrogen) atoms. The molecule has 0 radical (unpaired) electrons. The highest BCUT2D eigenvalue weighted by molar-refractivity contribution is 6.04. The number of benzene rings is 4. The summed E-state index contributed by atoms with van der Waals surface area (Å²) in [5.41, 5.74) is 10.8. The summed E-state index contributed by atoms with van der Waals surface area (Å²) in [5.74, 6) is -0.0435. The molecular formula is C32H21N3. The summed E-state index contributed by atoms with van der Waals surface area (Å²) < 4.78 is 0. The van der Waals surface area contributed by atoms with E-state index in [4.69, 9.17) is 0 Å². The van der Waals surface area contributed by atoms with Crippen LogP contribution in [-0.2, 0) is 0 Å². The zero-order chi connectivity index (χ0) is 23.4. The molecule has 2 N–H and O–H groups in total. The Kier molecular flexibility index (Phi) is 4.27. The average Bonchev–Trinajstić information content (AvgIpc) is 3.44. The van der Waals surface area contributed by atoms with E-state index in [1.54, 1.807) is 0 Å². The van der Waals surface area contributed by atoms with Crippen molar-refractivity contribution in [1.82, 2.24) is 9.97 Å². The van der Waals surface area contributed by atoms with Crippen LogP contribution in [0.4, 0.5) is 0 Å². The van der Waals surface area contributed by atoms with Gasteiger partial charge in [-0.15, -0.1) is 0 Å². The van der Waals surface area contributed by atoms with Crippen molar-refractivity contribution in [2.45, 2.75) is 5.92 Å². The smallest absolute Gasteiger partial charge is 0.0998 e. The van der Waals surface area contributed by atoms with Gasteiger partial charge in [-0.1, -0.05) is 84.9 Å². The van der Waals surface area contributed by atoms with Gasteiger partial charge in [-0.2, -0.15) is 5.26 Å². The molecule has 2 aromatic heterocycles. The number of hydrogen-bond donors (Lipinski definition) is 2. The molecule has 0 saturated heterocycles. The maximum atomic E-state index is 10.1. The monoisotopic (exact) mass is 447 g/mol. The first kappa shape index (κ1) is 19.6. The highest BCUT2D eigenvalue weighted by atomic mass is 14.8. The summed E-state index contributed by atoms with van der Waals surface area (Å²) in [6.45, 7) is 0. The van der Waals surface area contributed by atoms with E-state index in [0.717, 1.165) is 44.5 Å². The van der Waals surface area contributed by atoms with E-state index < -0.39 is 0 Å². The first-order valence-electron chi connectivity index (χ1n) is 11.8. The number of H-pyrrole nitrogens is 2. The van der Waals surface area contributed by atoms with Gasteiger partial charge < -0.3 is 9.97 Å². The Morgan fingerprint density at radius 1 is 0.657 bits per heavy atom. The maximum absolute atomic E-state index is 10.1. The fraction of sp³-hybridized carbons (Fsp3) is 0.0312. The van der Waals surface area contributed by atoms with Crippen LogP contribution in [0.1, 0.15) is 45.1 Å². The molecule has 0 bridgehead atoms. The molecule has 1 aliphatic carbocycles. The van der Waals surface area contributed by atoms with Gasteiger partial charge in [0.25, 0.3) is 0 Å². The molecule has 1 unspecified atom stereocenters. The fourth-order valence-electron chi connectivity index (χ4n) is 5.66. The number of nitriles is 1. The average molecular weight is 448 g/mol. The first-order valence-corrected chi connectivity index (χ1v) is 11.8. The fourth-order valence-corrected chi connectivity index (χ4v) is 5.66. The van der Waals surface area contributed by atoms with Crippen molar-refractivity contribution >= 4 is 33.5 Å². The van der Waals surface area contributed by atoms with Gasteiger partial charge in [-0.3, -0.25) is 0 Å². The third kappa shape index (κ3) is 2.90. The molecular weight excluding hydrogens is 426 g/mol. The van der Waals surface area contributed by atoms with Crippen molar-refractivity contribution in [2.75, 3.05) is 0 Å². The topological polar surface area (TPSA) is 55.4 Å². The molecule has 0 saturated carbocycles. The van der Waals surface area contributed by atoms with Crippen LogP contribution < -0.4 is 0 Å². The lowest BCUT2D eigenvalue weighted by Gasteiger charge is -2.20. The van der Waals surface area contributed by atoms with Crippen LogP contribution in [0.3, 0.4) is 0 Å². The number of nitrogens with zero attached hydrogens (tertiary/aromatic N) is 1.